The van der Waals surface area contributed by atoms with Crippen LogP contribution in [0.3, 0.4) is 0 Å². The van der Waals surface area contributed by atoms with E-state index in [2.05, 4.69) is 0 Å². The fraction of sp³-hybridized carbons (Fsp3) is 0.647. The van der Waals surface area contributed by atoms with Gasteiger partial charge in [-0.15, -0.1) is 0 Å². The summed E-state index contributed by atoms with van der Waals surface area (Å²) in [6.07, 6.45) is 2.49. The summed E-state index contributed by atoms with van der Waals surface area (Å²) in [5.41, 5.74) is -3.11. The van der Waals surface area contributed by atoms with Gasteiger partial charge in [0.25, 0.3) is 6.43 Å². The van der Waals surface area contributed by atoms with Gasteiger partial charge in [0.15, 0.2) is 5.41 Å². The van der Waals surface area contributed by atoms with Crippen molar-refractivity contribution < 1.29 is 27.8 Å². The van der Waals surface area contributed by atoms with Crippen molar-refractivity contribution in [1.29, 1.82) is 0 Å². The van der Waals surface area contributed by atoms with E-state index < -0.39 is 41.2 Å². The van der Waals surface area contributed by atoms with Crippen LogP contribution in [0.25, 0.3) is 0 Å². The fourth-order valence-electron chi connectivity index (χ4n) is 2.55. The Morgan fingerprint density at radius 3 is 2.35 bits per heavy atom. The lowest BCUT2D eigenvalue weighted by Crippen LogP contribution is -2.50. The number of rotatable bonds is 5. The molecule has 0 aliphatic heterocycles. The first-order valence-electron chi connectivity index (χ1n) is 7.60. The molecule has 0 saturated carbocycles. The van der Waals surface area contributed by atoms with Crippen molar-refractivity contribution >= 4 is 11.9 Å². The van der Waals surface area contributed by atoms with Crippen molar-refractivity contribution in [3.05, 3.63) is 24.3 Å². The van der Waals surface area contributed by atoms with Crippen LogP contribution in [0.4, 0.5) is 8.78 Å². The molecule has 0 heterocycles. The largest absolute Gasteiger partial charge is 0.466 e. The van der Waals surface area contributed by atoms with Gasteiger partial charge in [-0.05, 0) is 27.7 Å². The molecule has 1 aliphatic rings. The van der Waals surface area contributed by atoms with Crippen molar-refractivity contribution in [2.45, 2.75) is 46.6 Å². The predicted octanol–water partition coefficient (Wildman–Crippen LogP) is 3.52. The van der Waals surface area contributed by atoms with E-state index in [0.717, 1.165) is 6.08 Å². The number of allylic oxidation sites excluding steroid dienone is 3. The summed E-state index contributed by atoms with van der Waals surface area (Å²) in [6.45, 7) is 8.08. The minimum absolute atomic E-state index is 0.142. The van der Waals surface area contributed by atoms with Gasteiger partial charge in [-0.25, -0.2) is 8.78 Å². The third-order valence-corrected chi connectivity index (χ3v) is 3.66. The molecule has 0 radical (unpaired) electrons. The Morgan fingerprint density at radius 2 is 1.87 bits per heavy atom. The molecule has 0 N–H and O–H groups in total. The van der Waals surface area contributed by atoms with Crippen LogP contribution in [-0.2, 0) is 19.1 Å². The van der Waals surface area contributed by atoms with Gasteiger partial charge >= 0.3 is 11.9 Å². The van der Waals surface area contributed by atoms with E-state index in [0.29, 0.717) is 0 Å². The van der Waals surface area contributed by atoms with E-state index in [-0.39, 0.29) is 6.61 Å². The van der Waals surface area contributed by atoms with Crippen molar-refractivity contribution in [1.82, 2.24) is 0 Å². The van der Waals surface area contributed by atoms with Gasteiger partial charge in [-0.2, -0.15) is 0 Å². The van der Waals surface area contributed by atoms with Crippen LogP contribution in [0.15, 0.2) is 24.3 Å². The second-order valence-corrected chi connectivity index (χ2v) is 6.55. The maximum absolute atomic E-state index is 13.9. The Morgan fingerprint density at radius 1 is 1.26 bits per heavy atom. The van der Waals surface area contributed by atoms with Crippen LogP contribution in [0.1, 0.15) is 34.6 Å². The molecule has 130 valence electrons. The van der Waals surface area contributed by atoms with Crippen molar-refractivity contribution in [3.63, 3.8) is 0 Å². The number of hydrogen-bond acceptors (Lipinski definition) is 4. The Bertz CT molecular complexity index is 505. The van der Waals surface area contributed by atoms with Crippen LogP contribution in [0.2, 0.25) is 0 Å². The van der Waals surface area contributed by atoms with Gasteiger partial charge in [-0.3, -0.25) is 9.59 Å². The van der Waals surface area contributed by atoms with Crippen molar-refractivity contribution in [2.24, 2.45) is 17.3 Å². The Labute approximate surface area is 135 Å². The molecule has 1 rings (SSSR count). The molecular weight excluding hydrogens is 306 g/mol. The highest BCUT2D eigenvalue weighted by atomic mass is 19.3. The van der Waals surface area contributed by atoms with Crippen LogP contribution in [0.5, 0.6) is 0 Å². The Kier molecular flexibility index (Phi) is 6.08. The molecule has 0 aromatic rings. The lowest BCUT2D eigenvalue weighted by Gasteiger charge is -2.39. The van der Waals surface area contributed by atoms with E-state index >= 15 is 0 Å². The first kappa shape index (κ1) is 19.3. The highest BCUT2D eigenvalue weighted by Gasteiger charge is 2.56. The van der Waals surface area contributed by atoms with E-state index in [1.165, 1.54) is 19.1 Å². The molecule has 6 heteroatoms. The molecule has 0 bridgehead atoms. The van der Waals surface area contributed by atoms with E-state index in [4.69, 9.17) is 9.47 Å². The molecule has 0 saturated heterocycles. The highest BCUT2D eigenvalue weighted by Crippen LogP contribution is 2.45. The third kappa shape index (κ3) is 4.18. The number of esters is 2. The van der Waals surface area contributed by atoms with Gasteiger partial charge in [0.05, 0.1) is 12.5 Å². The lowest BCUT2D eigenvalue weighted by molar-refractivity contribution is -0.179. The predicted molar refractivity (Wildman–Crippen MR) is 81.8 cm³/mol. The quantitative estimate of drug-likeness (QED) is 0.724. The summed E-state index contributed by atoms with van der Waals surface area (Å²) in [5, 5.41) is 0. The molecule has 0 aromatic carbocycles. The monoisotopic (exact) mass is 330 g/mol. The smallest absolute Gasteiger partial charge is 0.322 e. The summed E-state index contributed by atoms with van der Waals surface area (Å²) in [5.74, 6) is -3.60. The zero-order valence-electron chi connectivity index (χ0n) is 14.1. The summed E-state index contributed by atoms with van der Waals surface area (Å²) >= 11 is 0. The molecular formula is C17H24F2O4. The molecule has 0 amide bonds. The second-order valence-electron chi connectivity index (χ2n) is 6.55. The van der Waals surface area contributed by atoms with Gasteiger partial charge < -0.3 is 9.47 Å². The molecule has 1 aliphatic carbocycles. The lowest BCUT2D eigenvalue weighted by atomic mass is 9.67. The van der Waals surface area contributed by atoms with Gasteiger partial charge in [-0.1, -0.05) is 31.2 Å². The van der Waals surface area contributed by atoms with Crippen molar-refractivity contribution in [3.8, 4) is 0 Å². The molecule has 3 unspecified atom stereocenters. The Balaban J connectivity index is 3.25. The summed E-state index contributed by atoms with van der Waals surface area (Å²) in [7, 11) is 0. The van der Waals surface area contributed by atoms with Gasteiger partial charge in [0.2, 0.25) is 0 Å². The first-order chi connectivity index (χ1) is 10.6. The minimum atomic E-state index is -3.01. The maximum atomic E-state index is 13.9. The average molecular weight is 330 g/mol. The number of alkyl halides is 2. The minimum Gasteiger partial charge on any atom is -0.466 e. The Hall–Kier alpha value is -1.72. The number of carbonyl (C=O) groups excluding carboxylic acids is 2. The molecule has 0 spiro atoms. The maximum Gasteiger partial charge on any atom is 0.322 e. The van der Waals surface area contributed by atoms with Crippen molar-refractivity contribution in [2.75, 3.05) is 6.61 Å². The highest BCUT2D eigenvalue weighted by molar-refractivity contribution is 5.83. The van der Waals surface area contributed by atoms with E-state index in [1.54, 1.807) is 33.8 Å². The molecule has 0 fully saturated rings. The van der Waals surface area contributed by atoms with E-state index in [1.807, 2.05) is 0 Å². The SMILES string of the molecule is CCOC(=O)C(C)C1C=CC=CC1(C(=O)OC(C)(C)C)C(F)F. The number of ether oxygens (including phenoxy) is 2. The third-order valence-electron chi connectivity index (χ3n) is 3.66. The topological polar surface area (TPSA) is 52.6 Å². The second kappa shape index (κ2) is 7.23. The van der Waals surface area contributed by atoms with Gasteiger partial charge in [0, 0.05) is 5.92 Å². The molecule has 23 heavy (non-hydrogen) atoms. The van der Waals surface area contributed by atoms with Crippen LogP contribution >= 0.6 is 0 Å². The molecule has 3 atom stereocenters. The standard InChI is InChI=1S/C17H24F2O4/c1-6-22-13(20)11(2)12-9-7-8-10-17(12,14(18)19)15(21)23-16(3,4)5/h7-12,14H,6H2,1-5H3. The van der Waals surface area contributed by atoms with Crippen LogP contribution in [0, 0.1) is 17.3 Å². The molecule has 0 aromatic heterocycles. The summed E-state index contributed by atoms with van der Waals surface area (Å²) in [4.78, 5) is 24.5. The summed E-state index contributed by atoms with van der Waals surface area (Å²) < 4.78 is 38.0. The molecule has 4 nitrogen and oxygen atoms in total. The zero-order valence-corrected chi connectivity index (χ0v) is 14.1. The summed E-state index contributed by atoms with van der Waals surface area (Å²) in [6, 6.07) is 0. The zero-order chi connectivity index (χ0) is 17.8. The van der Waals surface area contributed by atoms with Crippen LogP contribution < -0.4 is 0 Å². The van der Waals surface area contributed by atoms with Crippen LogP contribution in [-0.4, -0.2) is 30.6 Å². The first-order valence-corrected chi connectivity index (χ1v) is 7.60. The van der Waals surface area contributed by atoms with Gasteiger partial charge in [0.1, 0.15) is 5.60 Å². The number of carbonyl (C=O) groups is 2. The normalized spacial score (nSPS) is 25.3. The number of halogens is 2. The van der Waals surface area contributed by atoms with E-state index in [9.17, 15) is 18.4 Å². The average Bonchev–Trinajstić information content (AvgIpc) is 2.44. The number of hydrogen-bond donors (Lipinski definition) is 0. The fourth-order valence-corrected chi connectivity index (χ4v) is 2.55.